The maximum Gasteiger partial charge on any atom is 0.178 e. The van der Waals surface area contributed by atoms with Gasteiger partial charge in [0.05, 0.1) is 23.7 Å². The number of nitrogens with zero attached hydrogens (tertiary/aromatic N) is 1. The van der Waals surface area contributed by atoms with Gasteiger partial charge in [-0.3, -0.25) is 0 Å². The zero-order valence-electron chi connectivity index (χ0n) is 13.8. The van der Waals surface area contributed by atoms with E-state index in [1.54, 1.807) is 4.90 Å². The molecule has 1 saturated heterocycles. The normalized spacial score (nSPS) is 21.7. The second kappa shape index (κ2) is 7.11. The highest BCUT2D eigenvalue weighted by atomic mass is 32.2. The molecule has 3 rings (SSSR count). The van der Waals surface area contributed by atoms with Gasteiger partial charge in [-0.2, -0.15) is 0 Å². The molecular weight excluding hydrogens is 356 g/mol. The summed E-state index contributed by atoms with van der Waals surface area (Å²) in [7, 11) is -3.29. The number of sulfone groups is 1. The van der Waals surface area contributed by atoms with Crippen molar-refractivity contribution in [2.45, 2.75) is 19.1 Å². The molecule has 1 heterocycles. The zero-order valence-corrected chi connectivity index (χ0v) is 15.4. The molecule has 0 saturated carbocycles. The van der Waals surface area contributed by atoms with Gasteiger partial charge in [0.25, 0.3) is 0 Å². The topological polar surface area (TPSA) is 69.6 Å². The summed E-state index contributed by atoms with van der Waals surface area (Å²) in [5.74, 6) is -0.368. The number of nitrogens with one attached hydrogen (secondary N) is 1. The summed E-state index contributed by atoms with van der Waals surface area (Å²) >= 11 is 5.55. The van der Waals surface area contributed by atoms with Crippen LogP contribution < -0.4 is 10.2 Å². The Morgan fingerprint density at radius 3 is 2.32 bits per heavy atom. The van der Waals surface area contributed by atoms with Crippen molar-refractivity contribution in [1.29, 1.82) is 0 Å². The third kappa shape index (κ3) is 4.18. The van der Waals surface area contributed by atoms with Gasteiger partial charge in [0.2, 0.25) is 0 Å². The molecule has 0 aromatic heterocycles. The summed E-state index contributed by atoms with van der Waals surface area (Å²) in [4.78, 5) is 1.70. The summed E-state index contributed by atoms with van der Waals surface area (Å²) in [6, 6.07) is 16.4. The van der Waals surface area contributed by atoms with Crippen molar-refractivity contribution in [3.8, 4) is 0 Å². The van der Waals surface area contributed by atoms with Gasteiger partial charge in [-0.1, -0.05) is 35.9 Å². The number of aliphatic hydroxyl groups excluding tert-OH is 1. The second-order valence-electron chi connectivity index (χ2n) is 6.21. The maximum absolute atomic E-state index is 12.0. The van der Waals surface area contributed by atoms with E-state index in [0.29, 0.717) is 5.11 Å². The molecule has 2 N–H and O–H groups in total. The van der Waals surface area contributed by atoms with Crippen LogP contribution >= 0.6 is 12.2 Å². The highest BCUT2D eigenvalue weighted by Gasteiger charge is 2.41. The fourth-order valence-electron chi connectivity index (χ4n) is 2.93. The van der Waals surface area contributed by atoms with Crippen molar-refractivity contribution < 1.29 is 13.5 Å². The van der Waals surface area contributed by atoms with E-state index in [1.165, 1.54) is 0 Å². The lowest BCUT2D eigenvalue weighted by molar-refractivity contribution is 0.184. The van der Waals surface area contributed by atoms with Crippen LogP contribution in [0.25, 0.3) is 0 Å². The Hall–Kier alpha value is -1.96. The fourth-order valence-corrected chi connectivity index (χ4v) is 5.05. The van der Waals surface area contributed by atoms with Crippen molar-refractivity contribution in [1.82, 2.24) is 0 Å². The van der Waals surface area contributed by atoms with Crippen LogP contribution in [0.3, 0.4) is 0 Å². The van der Waals surface area contributed by atoms with Gasteiger partial charge in [0, 0.05) is 11.4 Å². The number of thiocarbonyl (C=S) groups is 1. The van der Waals surface area contributed by atoms with Gasteiger partial charge >= 0.3 is 0 Å². The van der Waals surface area contributed by atoms with E-state index in [9.17, 15) is 13.5 Å². The van der Waals surface area contributed by atoms with Crippen LogP contribution in [-0.2, 0) is 9.84 Å². The Morgan fingerprint density at radius 1 is 1.12 bits per heavy atom. The smallest absolute Gasteiger partial charge is 0.178 e. The lowest BCUT2D eigenvalue weighted by Gasteiger charge is -2.32. The highest BCUT2D eigenvalue weighted by Crippen LogP contribution is 2.26. The molecular formula is C18H20N2O3S2. The van der Waals surface area contributed by atoms with Gasteiger partial charge in [0.1, 0.15) is 0 Å². The Bertz CT molecular complexity index is 852. The number of aliphatic hydroxyl groups is 1. The van der Waals surface area contributed by atoms with Crippen molar-refractivity contribution in [2.75, 3.05) is 21.7 Å². The lowest BCUT2D eigenvalue weighted by atomic mass is 10.1. The average molecular weight is 377 g/mol. The summed E-state index contributed by atoms with van der Waals surface area (Å²) in [6.45, 7) is 2.00. The van der Waals surface area contributed by atoms with Crippen LogP contribution in [0.5, 0.6) is 0 Å². The molecule has 0 unspecified atom stereocenters. The van der Waals surface area contributed by atoms with Crippen LogP contribution in [0, 0.1) is 6.92 Å². The molecule has 5 nitrogen and oxygen atoms in total. The van der Waals surface area contributed by atoms with Gasteiger partial charge in [-0.15, -0.1) is 0 Å². The first-order chi connectivity index (χ1) is 11.9. The van der Waals surface area contributed by atoms with Crippen molar-refractivity contribution >= 4 is 38.5 Å². The number of hydrogen-bond donors (Lipinski definition) is 2. The average Bonchev–Trinajstić information content (AvgIpc) is 2.83. The monoisotopic (exact) mass is 376 g/mol. The van der Waals surface area contributed by atoms with Crippen LogP contribution in [0.2, 0.25) is 0 Å². The van der Waals surface area contributed by atoms with Crippen LogP contribution in [0.15, 0.2) is 54.6 Å². The maximum atomic E-state index is 12.0. The highest BCUT2D eigenvalue weighted by molar-refractivity contribution is 7.91. The molecule has 0 spiro atoms. The molecule has 0 aliphatic carbocycles. The standard InChI is InChI=1S/C18H20N2O3S2/c1-13-7-9-14(10-8-13)19-18(24)20(15-5-3-2-4-6-15)16-11-25(22,23)12-17(16)21/h2-10,16-17,21H,11-12H2,1H3,(H,19,24)/t16-,17+/m0/s1. The number of benzene rings is 2. The number of rotatable bonds is 3. The van der Waals surface area contributed by atoms with Crippen molar-refractivity contribution in [3.05, 3.63) is 60.2 Å². The quantitative estimate of drug-likeness (QED) is 0.802. The molecule has 0 radical (unpaired) electrons. The summed E-state index contributed by atoms with van der Waals surface area (Å²) in [5.41, 5.74) is 2.69. The number of para-hydroxylation sites is 1. The van der Waals surface area contributed by atoms with Crippen LogP contribution in [-0.4, -0.2) is 42.3 Å². The van der Waals surface area contributed by atoms with Crippen LogP contribution in [0.4, 0.5) is 11.4 Å². The Morgan fingerprint density at radius 2 is 1.76 bits per heavy atom. The molecule has 1 aliphatic heterocycles. The largest absolute Gasteiger partial charge is 0.390 e. The summed E-state index contributed by atoms with van der Waals surface area (Å²) < 4.78 is 23.9. The second-order valence-corrected chi connectivity index (χ2v) is 8.75. The van der Waals surface area contributed by atoms with E-state index in [-0.39, 0.29) is 11.5 Å². The van der Waals surface area contributed by atoms with Crippen molar-refractivity contribution in [2.24, 2.45) is 0 Å². The molecule has 2 aromatic carbocycles. The third-order valence-corrected chi connectivity index (χ3v) is 6.18. The van der Waals surface area contributed by atoms with E-state index in [2.05, 4.69) is 5.32 Å². The molecule has 0 bridgehead atoms. The lowest BCUT2D eigenvalue weighted by Crippen LogP contribution is -2.48. The third-order valence-electron chi connectivity index (χ3n) is 4.18. The number of hydrogen-bond acceptors (Lipinski definition) is 4. The first kappa shape index (κ1) is 17.8. The Kier molecular flexibility index (Phi) is 5.08. The van der Waals surface area contributed by atoms with Gasteiger partial charge in [0.15, 0.2) is 14.9 Å². The Labute approximate surface area is 153 Å². The molecule has 7 heteroatoms. The van der Waals surface area contributed by atoms with E-state index in [1.807, 2.05) is 61.5 Å². The minimum atomic E-state index is -3.29. The van der Waals surface area contributed by atoms with Gasteiger partial charge < -0.3 is 15.3 Å². The van der Waals surface area contributed by atoms with Crippen LogP contribution in [0.1, 0.15) is 5.56 Å². The minimum absolute atomic E-state index is 0.126. The Balaban J connectivity index is 1.91. The van der Waals surface area contributed by atoms with E-state index < -0.39 is 22.0 Å². The summed E-state index contributed by atoms with van der Waals surface area (Å²) in [5, 5.41) is 13.8. The molecule has 132 valence electrons. The molecule has 2 atom stereocenters. The van der Waals surface area contributed by atoms with Gasteiger partial charge in [-0.05, 0) is 43.4 Å². The zero-order chi connectivity index (χ0) is 18.0. The van der Waals surface area contributed by atoms with E-state index in [4.69, 9.17) is 12.2 Å². The predicted octanol–water partition coefficient (Wildman–Crippen LogP) is 2.36. The predicted molar refractivity (Wildman–Crippen MR) is 105 cm³/mol. The number of aryl methyl sites for hydroxylation is 1. The molecule has 1 aliphatic rings. The first-order valence-electron chi connectivity index (χ1n) is 7.96. The van der Waals surface area contributed by atoms with E-state index in [0.717, 1.165) is 16.9 Å². The molecule has 2 aromatic rings. The van der Waals surface area contributed by atoms with Crippen molar-refractivity contribution in [3.63, 3.8) is 0 Å². The van der Waals surface area contributed by atoms with E-state index >= 15 is 0 Å². The molecule has 25 heavy (non-hydrogen) atoms. The SMILES string of the molecule is Cc1ccc(NC(=S)N(c2ccccc2)[C@H]2CS(=O)(=O)C[C@H]2O)cc1. The first-order valence-corrected chi connectivity index (χ1v) is 10.2. The minimum Gasteiger partial charge on any atom is -0.390 e. The summed E-state index contributed by atoms with van der Waals surface area (Å²) in [6.07, 6.45) is -0.983. The molecule has 1 fully saturated rings. The number of anilines is 2. The molecule has 0 amide bonds. The van der Waals surface area contributed by atoms with Gasteiger partial charge in [-0.25, -0.2) is 8.42 Å². The fraction of sp³-hybridized carbons (Fsp3) is 0.278.